The van der Waals surface area contributed by atoms with E-state index in [1.807, 2.05) is 104 Å². The van der Waals surface area contributed by atoms with Crippen LogP contribution in [-0.2, 0) is 26.5 Å². The van der Waals surface area contributed by atoms with Gasteiger partial charge in [0.05, 0.1) is 11.1 Å². The monoisotopic (exact) mass is 751 g/mol. The number of fused-ring (bicyclic) bond motifs is 3. The Morgan fingerprint density at radius 2 is 1.32 bits per heavy atom. The van der Waals surface area contributed by atoms with Gasteiger partial charge < -0.3 is 19.3 Å². The number of ether oxygens (including phenoxy) is 2. The third-order valence-corrected chi connectivity index (χ3v) is 8.07. The number of hydrogen-bond acceptors (Lipinski definition) is 5. The summed E-state index contributed by atoms with van der Waals surface area (Å²) in [5.74, 6) is 2.77. The molecule has 0 fully saturated rings. The minimum Gasteiger partial charge on any atom is -0.509 e. The third-order valence-electron chi connectivity index (χ3n) is 8.07. The van der Waals surface area contributed by atoms with E-state index in [-0.39, 0.29) is 21.1 Å². The molecule has 0 aliphatic carbocycles. The van der Waals surface area contributed by atoms with Crippen molar-refractivity contribution in [3.05, 3.63) is 175 Å². The molecule has 5 aromatic carbocycles. The molecule has 5 nitrogen and oxygen atoms in total. The summed E-state index contributed by atoms with van der Waals surface area (Å²) >= 11 is 0. The maximum atomic E-state index is 6.46. The zero-order valence-corrected chi connectivity index (χ0v) is 26.0. The summed E-state index contributed by atoms with van der Waals surface area (Å²) in [6.45, 7) is 2.06. The SMILES string of the molecule is CN1[CH-]N(c2[c-]c(Oc3[c-]c(C4(c5ccccn5)c5ccccc5Oc5ccccc54)ccc3)ccc2)c2ccccc21.[Pt]. The van der Waals surface area contributed by atoms with Gasteiger partial charge >= 0.3 is 0 Å². The molecule has 3 heterocycles. The van der Waals surface area contributed by atoms with Crippen molar-refractivity contribution in [1.29, 1.82) is 0 Å². The molecule has 0 bridgehead atoms. The topological polar surface area (TPSA) is 37.8 Å². The van der Waals surface area contributed by atoms with E-state index in [1.165, 1.54) is 0 Å². The number of anilines is 3. The molecule has 44 heavy (non-hydrogen) atoms. The van der Waals surface area contributed by atoms with E-state index >= 15 is 0 Å². The minimum absolute atomic E-state index is 0. The van der Waals surface area contributed by atoms with Crippen molar-refractivity contribution in [1.82, 2.24) is 4.98 Å². The van der Waals surface area contributed by atoms with Crippen molar-refractivity contribution in [2.24, 2.45) is 0 Å². The standard InChI is InChI=1S/C38H26N3O2.Pt/c1-40-26-41(34-19-5-4-18-33(34)40)28-13-11-15-30(25-28)42-29-14-10-12-27(24-29)38(37-22-8-9-23-39-37)31-16-2-6-20-35(31)43-36-21-7-3-17-32(36)38;/h2-23,26H,1H3;/q-3;. The second kappa shape index (κ2) is 11.3. The van der Waals surface area contributed by atoms with Crippen LogP contribution < -0.4 is 19.3 Å². The van der Waals surface area contributed by atoms with Crippen LogP contribution in [0.15, 0.2) is 134 Å². The van der Waals surface area contributed by atoms with E-state index in [9.17, 15) is 0 Å². The number of para-hydroxylation sites is 4. The number of rotatable bonds is 5. The smallest absolute Gasteiger partial charge is 0.132 e. The van der Waals surface area contributed by atoms with Gasteiger partial charge in [-0.1, -0.05) is 54.6 Å². The van der Waals surface area contributed by atoms with Crippen LogP contribution in [0.5, 0.6) is 23.0 Å². The van der Waals surface area contributed by atoms with Crippen molar-refractivity contribution in [2.75, 3.05) is 16.8 Å². The van der Waals surface area contributed by atoms with Crippen LogP contribution in [0.2, 0.25) is 0 Å². The van der Waals surface area contributed by atoms with E-state index in [0.29, 0.717) is 11.5 Å². The van der Waals surface area contributed by atoms with Crippen molar-refractivity contribution in [3.63, 3.8) is 0 Å². The molecule has 1 aromatic heterocycles. The molecule has 0 saturated carbocycles. The van der Waals surface area contributed by atoms with Crippen molar-refractivity contribution in [3.8, 4) is 23.0 Å². The summed E-state index contributed by atoms with van der Waals surface area (Å²) < 4.78 is 12.9. The number of nitrogens with zero attached hydrogens (tertiary/aromatic N) is 3. The molecule has 0 atom stereocenters. The molecule has 0 radical (unpaired) electrons. The molecule has 0 N–H and O–H groups in total. The Morgan fingerprint density at radius 1 is 0.682 bits per heavy atom. The normalized spacial score (nSPS) is 14.0. The van der Waals surface area contributed by atoms with Crippen molar-refractivity contribution < 1.29 is 30.5 Å². The van der Waals surface area contributed by atoms with Gasteiger partial charge in [0, 0.05) is 61.3 Å². The van der Waals surface area contributed by atoms with E-state index in [2.05, 4.69) is 65.0 Å². The predicted octanol–water partition coefficient (Wildman–Crippen LogP) is 8.67. The number of pyridine rings is 1. The van der Waals surface area contributed by atoms with Gasteiger partial charge in [0.1, 0.15) is 11.5 Å². The molecule has 218 valence electrons. The summed E-state index contributed by atoms with van der Waals surface area (Å²) in [6, 6.07) is 49.7. The molecular weight excluding hydrogens is 726 g/mol. The van der Waals surface area contributed by atoms with Crippen LogP contribution in [0.3, 0.4) is 0 Å². The Morgan fingerprint density at radius 3 is 2.05 bits per heavy atom. The molecule has 8 rings (SSSR count). The molecular formula is C38H26N3O2Pt-3. The van der Waals surface area contributed by atoms with Gasteiger partial charge in [0.15, 0.2) is 0 Å². The number of aromatic nitrogens is 1. The van der Waals surface area contributed by atoms with Gasteiger partial charge in [-0.2, -0.15) is 24.9 Å². The zero-order chi connectivity index (χ0) is 28.8. The molecule has 6 aromatic rings. The molecule has 6 heteroatoms. The number of benzene rings is 5. The summed E-state index contributed by atoms with van der Waals surface area (Å²) in [4.78, 5) is 9.13. The van der Waals surface area contributed by atoms with Crippen LogP contribution >= 0.6 is 0 Å². The summed E-state index contributed by atoms with van der Waals surface area (Å²) in [7, 11) is 2.05. The Bertz CT molecular complexity index is 1920. The third kappa shape index (κ3) is 4.47. The molecule has 2 aliphatic heterocycles. The molecule has 2 aliphatic rings. The molecule has 0 amide bonds. The fourth-order valence-electron chi connectivity index (χ4n) is 6.22. The van der Waals surface area contributed by atoms with Crippen LogP contribution in [0, 0.1) is 18.8 Å². The summed E-state index contributed by atoms with van der Waals surface area (Å²) in [6.07, 6.45) is 1.84. The largest absolute Gasteiger partial charge is 0.509 e. The number of hydrogen-bond donors (Lipinski definition) is 0. The minimum atomic E-state index is -0.767. The average Bonchev–Trinajstić information content (AvgIpc) is 3.40. The van der Waals surface area contributed by atoms with Gasteiger partial charge in [-0.05, 0) is 43.4 Å². The van der Waals surface area contributed by atoms with Gasteiger partial charge in [-0.15, -0.1) is 41.6 Å². The van der Waals surface area contributed by atoms with E-state index in [4.69, 9.17) is 14.5 Å². The van der Waals surface area contributed by atoms with Crippen LogP contribution in [0.1, 0.15) is 22.4 Å². The molecule has 0 spiro atoms. The summed E-state index contributed by atoms with van der Waals surface area (Å²) in [5, 5.41) is 0. The van der Waals surface area contributed by atoms with Crippen LogP contribution in [0.25, 0.3) is 0 Å². The van der Waals surface area contributed by atoms with Gasteiger partial charge in [0.25, 0.3) is 0 Å². The second-order valence-corrected chi connectivity index (χ2v) is 10.6. The fraction of sp³-hybridized carbons (Fsp3) is 0.0526. The first-order valence-electron chi connectivity index (χ1n) is 14.2. The van der Waals surface area contributed by atoms with Gasteiger partial charge in [-0.3, -0.25) is 4.98 Å². The van der Waals surface area contributed by atoms with E-state index < -0.39 is 5.41 Å². The van der Waals surface area contributed by atoms with Gasteiger partial charge in [0.2, 0.25) is 0 Å². The Balaban J connectivity index is 0.00000312. The van der Waals surface area contributed by atoms with Gasteiger partial charge in [-0.25, -0.2) is 0 Å². The van der Waals surface area contributed by atoms with Crippen LogP contribution in [-0.4, -0.2) is 12.0 Å². The second-order valence-electron chi connectivity index (χ2n) is 10.6. The van der Waals surface area contributed by atoms with Crippen molar-refractivity contribution in [2.45, 2.75) is 5.41 Å². The first kappa shape index (κ1) is 27.9. The first-order valence-corrected chi connectivity index (χ1v) is 14.2. The Kier molecular flexibility index (Phi) is 7.19. The quantitative estimate of drug-likeness (QED) is 0.165. The zero-order valence-electron chi connectivity index (χ0n) is 23.8. The van der Waals surface area contributed by atoms with Crippen molar-refractivity contribution >= 4 is 17.1 Å². The van der Waals surface area contributed by atoms with Crippen LogP contribution in [0.4, 0.5) is 17.1 Å². The molecule has 0 unspecified atom stereocenters. The maximum Gasteiger partial charge on any atom is 0.132 e. The average molecular weight is 752 g/mol. The fourth-order valence-corrected chi connectivity index (χ4v) is 6.22. The first-order chi connectivity index (χ1) is 21.2. The maximum absolute atomic E-state index is 6.46. The predicted molar refractivity (Wildman–Crippen MR) is 168 cm³/mol. The molecule has 0 saturated heterocycles. The van der Waals surface area contributed by atoms with E-state index in [1.54, 1.807) is 0 Å². The Hall–Kier alpha value is -4.86. The summed E-state index contributed by atoms with van der Waals surface area (Å²) in [5.41, 5.74) is 6.16. The Labute approximate surface area is 271 Å². The van der Waals surface area contributed by atoms with E-state index in [0.717, 1.165) is 50.9 Å².